The molecule has 0 amide bonds. The number of rotatable bonds is 2. The lowest BCUT2D eigenvalue weighted by Crippen LogP contribution is -2.30. The summed E-state index contributed by atoms with van der Waals surface area (Å²) in [6.45, 7) is 4.64. The molecule has 0 aliphatic heterocycles. The second-order valence-electron chi connectivity index (χ2n) is 6.94. The Kier molecular flexibility index (Phi) is 2.60. The van der Waals surface area contributed by atoms with E-state index in [0.717, 1.165) is 23.7 Å². The van der Waals surface area contributed by atoms with Gasteiger partial charge in [0.05, 0.1) is 0 Å². The van der Waals surface area contributed by atoms with Crippen LogP contribution >= 0.6 is 0 Å². The summed E-state index contributed by atoms with van der Waals surface area (Å²) in [4.78, 5) is 12.5. The molecule has 3 rings (SSSR count). The summed E-state index contributed by atoms with van der Waals surface area (Å²) in [7, 11) is 0. The summed E-state index contributed by atoms with van der Waals surface area (Å²) in [6, 6.07) is 0. The van der Waals surface area contributed by atoms with Crippen molar-refractivity contribution < 1.29 is 4.79 Å². The molecule has 3 saturated carbocycles. The summed E-state index contributed by atoms with van der Waals surface area (Å²) >= 11 is 0. The average Bonchev–Trinajstić information content (AvgIpc) is 2.83. The molecular formula is C15H24O. The minimum Gasteiger partial charge on any atom is -0.299 e. The van der Waals surface area contributed by atoms with Gasteiger partial charge in [0.25, 0.3) is 0 Å². The monoisotopic (exact) mass is 220 g/mol. The van der Waals surface area contributed by atoms with Gasteiger partial charge in [-0.15, -0.1) is 0 Å². The van der Waals surface area contributed by atoms with Crippen LogP contribution in [-0.4, -0.2) is 5.78 Å². The van der Waals surface area contributed by atoms with Crippen molar-refractivity contribution in [3.05, 3.63) is 0 Å². The van der Waals surface area contributed by atoms with Crippen LogP contribution in [0.15, 0.2) is 0 Å². The van der Waals surface area contributed by atoms with Gasteiger partial charge in [-0.1, -0.05) is 13.8 Å². The Morgan fingerprint density at radius 1 is 0.750 bits per heavy atom. The highest BCUT2D eigenvalue weighted by Crippen LogP contribution is 2.55. The predicted octanol–water partition coefficient (Wildman–Crippen LogP) is 3.67. The first-order chi connectivity index (χ1) is 7.63. The molecule has 0 aromatic rings. The van der Waals surface area contributed by atoms with Crippen molar-refractivity contribution in [2.75, 3.05) is 0 Å². The Morgan fingerprint density at radius 2 is 1.25 bits per heavy atom. The molecule has 0 bridgehead atoms. The molecule has 0 saturated heterocycles. The first-order valence-electron chi connectivity index (χ1n) is 7.17. The minimum atomic E-state index is 0.418. The van der Waals surface area contributed by atoms with Crippen LogP contribution in [0.2, 0.25) is 0 Å². The number of Topliss-reactive ketones (excluding diaryl/α,β-unsaturated/α-hetero) is 1. The number of ketones is 1. The number of fused-ring (bicyclic) bond motifs is 1. The van der Waals surface area contributed by atoms with Crippen molar-refractivity contribution in [3.8, 4) is 0 Å². The molecule has 1 nitrogen and oxygen atoms in total. The van der Waals surface area contributed by atoms with E-state index in [-0.39, 0.29) is 0 Å². The van der Waals surface area contributed by atoms with E-state index in [9.17, 15) is 4.79 Å². The number of hydrogen-bond donors (Lipinski definition) is 0. The molecule has 3 fully saturated rings. The second kappa shape index (κ2) is 3.85. The maximum Gasteiger partial charge on any atom is 0.139 e. The summed E-state index contributed by atoms with van der Waals surface area (Å²) in [6.07, 6.45) is 7.59. The highest BCUT2D eigenvalue weighted by Gasteiger charge is 2.49. The molecule has 0 spiro atoms. The average molecular weight is 220 g/mol. The van der Waals surface area contributed by atoms with Gasteiger partial charge in [0.15, 0.2) is 0 Å². The van der Waals surface area contributed by atoms with Crippen molar-refractivity contribution in [2.24, 2.45) is 35.5 Å². The fourth-order valence-corrected chi connectivity index (χ4v) is 4.46. The third-order valence-electron chi connectivity index (χ3n) is 5.23. The van der Waals surface area contributed by atoms with E-state index < -0.39 is 0 Å². The Bertz CT molecular complexity index is 276. The molecule has 1 heteroatoms. The van der Waals surface area contributed by atoms with E-state index in [2.05, 4.69) is 13.8 Å². The molecule has 0 N–H and O–H groups in total. The lowest BCUT2D eigenvalue weighted by atomic mass is 9.72. The SMILES string of the molecule is CC1CC(C)CC(C(=O)C2CC3CC3C2)C1. The smallest absolute Gasteiger partial charge is 0.139 e. The van der Waals surface area contributed by atoms with Crippen molar-refractivity contribution in [1.29, 1.82) is 0 Å². The van der Waals surface area contributed by atoms with Crippen LogP contribution in [0.5, 0.6) is 0 Å². The van der Waals surface area contributed by atoms with Gasteiger partial charge in [-0.05, 0) is 62.2 Å². The third-order valence-corrected chi connectivity index (χ3v) is 5.23. The Balaban J connectivity index is 1.61. The van der Waals surface area contributed by atoms with Gasteiger partial charge in [0.2, 0.25) is 0 Å². The first kappa shape index (κ1) is 10.8. The Morgan fingerprint density at radius 3 is 1.81 bits per heavy atom. The Labute approximate surface area is 99.0 Å². The molecule has 3 aliphatic rings. The van der Waals surface area contributed by atoms with Gasteiger partial charge in [-0.25, -0.2) is 0 Å². The molecule has 4 unspecified atom stereocenters. The second-order valence-corrected chi connectivity index (χ2v) is 6.94. The van der Waals surface area contributed by atoms with E-state index in [0.29, 0.717) is 17.6 Å². The molecule has 0 radical (unpaired) electrons. The highest BCUT2D eigenvalue weighted by atomic mass is 16.1. The molecule has 90 valence electrons. The third kappa shape index (κ3) is 1.94. The van der Waals surface area contributed by atoms with Crippen LogP contribution in [0, 0.1) is 35.5 Å². The normalized spacial score (nSPS) is 51.1. The molecule has 3 aliphatic carbocycles. The number of carbonyl (C=O) groups excluding carboxylic acids is 1. The first-order valence-corrected chi connectivity index (χ1v) is 7.17. The predicted molar refractivity (Wildman–Crippen MR) is 65.0 cm³/mol. The van der Waals surface area contributed by atoms with Crippen molar-refractivity contribution in [2.45, 2.75) is 52.4 Å². The number of carbonyl (C=O) groups is 1. The van der Waals surface area contributed by atoms with Gasteiger partial charge in [0, 0.05) is 11.8 Å². The van der Waals surface area contributed by atoms with Gasteiger partial charge in [-0.2, -0.15) is 0 Å². The molecule has 0 aromatic heterocycles. The maximum atomic E-state index is 12.5. The molecule has 4 atom stereocenters. The largest absolute Gasteiger partial charge is 0.299 e. The van der Waals surface area contributed by atoms with Crippen LogP contribution in [0.3, 0.4) is 0 Å². The molecule has 0 aromatic carbocycles. The zero-order valence-corrected chi connectivity index (χ0v) is 10.6. The standard InChI is InChI=1S/C15H24O/c1-9-3-10(2)5-13(4-9)15(16)14-7-11-6-12(11)8-14/h9-14H,3-8H2,1-2H3. The fraction of sp³-hybridized carbons (Fsp3) is 0.933. The van der Waals surface area contributed by atoms with Crippen LogP contribution in [0.1, 0.15) is 52.4 Å². The quantitative estimate of drug-likeness (QED) is 0.694. The van der Waals surface area contributed by atoms with E-state index in [1.54, 1.807) is 0 Å². The minimum absolute atomic E-state index is 0.418. The molecule has 0 heterocycles. The number of hydrogen-bond acceptors (Lipinski definition) is 1. The lowest BCUT2D eigenvalue weighted by Gasteiger charge is -2.32. The van der Waals surface area contributed by atoms with Gasteiger partial charge in [-0.3, -0.25) is 4.79 Å². The van der Waals surface area contributed by atoms with Crippen LogP contribution in [0.25, 0.3) is 0 Å². The van der Waals surface area contributed by atoms with Crippen molar-refractivity contribution >= 4 is 5.78 Å². The van der Waals surface area contributed by atoms with Crippen LogP contribution in [0.4, 0.5) is 0 Å². The van der Waals surface area contributed by atoms with Crippen molar-refractivity contribution in [1.82, 2.24) is 0 Å². The topological polar surface area (TPSA) is 17.1 Å². The molecule has 16 heavy (non-hydrogen) atoms. The fourth-order valence-electron chi connectivity index (χ4n) is 4.46. The van der Waals surface area contributed by atoms with E-state index in [1.165, 1.54) is 38.5 Å². The lowest BCUT2D eigenvalue weighted by molar-refractivity contribution is -0.129. The van der Waals surface area contributed by atoms with E-state index >= 15 is 0 Å². The summed E-state index contributed by atoms with van der Waals surface area (Å²) in [5, 5.41) is 0. The molecular weight excluding hydrogens is 196 g/mol. The van der Waals surface area contributed by atoms with E-state index in [4.69, 9.17) is 0 Å². The van der Waals surface area contributed by atoms with Crippen molar-refractivity contribution in [3.63, 3.8) is 0 Å². The Hall–Kier alpha value is -0.330. The zero-order valence-electron chi connectivity index (χ0n) is 10.6. The summed E-state index contributed by atoms with van der Waals surface area (Å²) in [5.74, 6) is 4.97. The van der Waals surface area contributed by atoms with Gasteiger partial charge in [0.1, 0.15) is 5.78 Å². The van der Waals surface area contributed by atoms with Crippen LogP contribution in [-0.2, 0) is 4.79 Å². The summed E-state index contributed by atoms with van der Waals surface area (Å²) < 4.78 is 0. The van der Waals surface area contributed by atoms with Gasteiger partial charge >= 0.3 is 0 Å². The summed E-state index contributed by atoms with van der Waals surface area (Å²) in [5.41, 5.74) is 0. The highest BCUT2D eigenvalue weighted by molar-refractivity contribution is 5.84. The van der Waals surface area contributed by atoms with E-state index in [1.807, 2.05) is 0 Å². The zero-order chi connectivity index (χ0) is 11.3. The van der Waals surface area contributed by atoms with Gasteiger partial charge < -0.3 is 0 Å². The maximum absolute atomic E-state index is 12.5. The van der Waals surface area contributed by atoms with Crippen LogP contribution < -0.4 is 0 Å².